The maximum Gasteiger partial charge on any atom is 0.325 e. The van der Waals surface area contributed by atoms with E-state index in [0.717, 1.165) is 45.5 Å². The van der Waals surface area contributed by atoms with Gasteiger partial charge in [0.2, 0.25) is 0 Å². The predicted octanol–water partition coefficient (Wildman–Crippen LogP) is 1.28. The van der Waals surface area contributed by atoms with Gasteiger partial charge in [0.1, 0.15) is 5.54 Å². The molecule has 0 heterocycles. The van der Waals surface area contributed by atoms with E-state index in [9.17, 15) is 4.79 Å². The van der Waals surface area contributed by atoms with E-state index in [0.29, 0.717) is 0 Å². The molecule has 0 aromatic heterocycles. The van der Waals surface area contributed by atoms with Crippen LogP contribution in [-0.2, 0) is 14.3 Å². The van der Waals surface area contributed by atoms with Crippen LogP contribution in [0.1, 0.15) is 33.1 Å². The van der Waals surface area contributed by atoms with Crippen molar-refractivity contribution < 1.29 is 14.3 Å². The van der Waals surface area contributed by atoms with Crippen molar-refractivity contribution in [3.63, 3.8) is 0 Å². The summed E-state index contributed by atoms with van der Waals surface area (Å²) in [5.41, 5.74) is -0.561. The number of likely N-dealkylation sites (N-methyl/N-ethyl adjacent to an activating group) is 2. The molecule has 5 nitrogen and oxygen atoms in total. The van der Waals surface area contributed by atoms with Gasteiger partial charge in [0, 0.05) is 13.7 Å². The van der Waals surface area contributed by atoms with Crippen LogP contribution in [0.4, 0.5) is 0 Å². The van der Waals surface area contributed by atoms with E-state index < -0.39 is 5.54 Å². The molecule has 0 saturated carbocycles. The van der Waals surface area contributed by atoms with Crippen LogP contribution in [0.5, 0.6) is 0 Å². The second kappa shape index (κ2) is 10.2. The molecule has 114 valence electrons. The normalized spacial score (nSPS) is 14.4. The van der Waals surface area contributed by atoms with Gasteiger partial charge in [-0.15, -0.1) is 0 Å². The van der Waals surface area contributed by atoms with Crippen LogP contribution in [0.2, 0.25) is 0 Å². The van der Waals surface area contributed by atoms with Gasteiger partial charge in [-0.05, 0) is 46.3 Å². The molecule has 0 aliphatic heterocycles. The zero-order valence-electron chi connectivity index (χ0n) is 13.1. The van der Waals surface area contributed by atoms with Crippen molar-refractivity contribution in [2.75, 3.05) is 47.5 Å². The Morgan fingerprint density at radius 2 is 1.95 bits per heavy atom. The zero-order chi connectivity index (χ0) is 14.7. The van der Waals surface area contributed by atoms with Crippen LogP contribution < -0.4 is 5.32 Å². The molecule has 19 heavy (non-hydrogen) atoms. The number of unbranched alkanes of at least 4 members (excludes halogenated alkanes) is 1. The highest BCUT2D eigenvalue weighted by Gasteiger charge is 2.32. The Morgan fingerprint density at radius 3 is 2.47 bits per heavy atom. The van der Waals surface area contributed by atoms with E-state index in [-0.39, 0.29) is 5.97 Å². The molecule has 0 saturated heterocycles. The second-order valence-electron chi connectivity index (χ2n) is 5.11. The van der Waals surface area contributed by atoms with Gasteiger partial charge < -0.3 is 19.7 Å². The fraction of sp³-hybridized carbons (Fsp3) is 0.929. The Morgan fingerprint density at radius 1 is 1.26 bits per heavy atom. The molecule has 0 aliphatic rings. The second-order valence-corrected chi connectivity index (χ2v) is 5.11. The zero-order valence-corrected chi connectivity index (χ0v) is 13.1. The molecule has 0 aromatic carbocycles. The Bertz CT molecular complexity index is 249. The number of methoxy groups -OCH3 is 2. The van der Waals surface area contributed by atoms with E-state index in [1.807, 2.05) is 13.8 Å². The molecule has 1 atom stereocenters. The lowest BCUT2D eigenvalue weighted by molar-refractivity contribution is -0.148. The number of esters is 1. The topological polar surface area (TPSA) is 50.8 Å². The molecule has 0 spiro atoms. The minimum absolute atomic E-state index is 0.179. The highest BCUT2D eigenvalue weighted by molar-refractivity contribution is 5.80. The van der Waals surface area contributed by atoms with Gasteiger partial charge in [-0.3, -0.25) is 4.79 Å². The van der Waals surface area contributed by atoms with Gasteiger partial charge in [-0.1, -0.05) is 6.92 Å². The molecule has 0 rings (SSSR count). The van der Waals surface area contributed by atoms with E-state index in [1.165, 1.54) is 7.11 Å². The van der Waals surface area contributed by atoms with Crippen molar-refractivity contribution in [2.45, 2.75) is 38.6 Å². The monoisotopic (exact) mass is 274 g/mol. The lowest BCUT2D eigenvalue weighted by Crippen LogP contribution is -2.50. The van der Waals surface area contributed by atoms with Gasteiger partial charge in [-0.2, -0.15) is 0 Å². The predicted molar refractivity (Wildman–Crippen MR) is 77.3 cm³/mol. The summed E-state index contributed by atoms with van der Waals surface area (Å²) >= 11 is 0. The van der Waals surface area contributed by atoms with Crippen LogP contribution in [-0.4, -0.2) is 63.9 Å². The van der Waals surface area contributed by atoms with Crippen LogP contribution in [0.3, 0.4) is 0 Å². The van der Waals surface area contributed by atoms with Gasteiger partial charge in [0.15, 0.2) is 0 Å². The number of carbonyl (C=O) groups is 1. The number of nitrogens with one attached hydrogen (secondary N) is 1. The van der Waals surface area contributed by atoms with Crippen molar-refractivity contribution in [3.8, 4) is 0 Å². The summed E-state index contributed by atoms with van der Waals surface area (Å²) in [4.78, 5) is 14.0. The Kier molecular flexibility index (Phi) is 9.83. The number of rotatable bonds is 11. The standard InChI is InChI=1S/C14H30N2O3/c1-6-15-14(2,13(17)19-5)9-7-8-10-16(3)11-12-18-4/h15H,6-12H2,1-5H3. The summed E-state index contributed by atoms with van der Waals surface area (Å²) < 4.78 is 9.91. The molecule has 0 fully saturated rings. The third kappa shape index (κ3) is 7.50. The Balaban J connectivity index is 3.97. The summed E-state index contributed by atoms with van der Waals surface area (Å²) in [6.45, 7) is 7.40. The molecule has 5 heteroatoms. The van der Waals surface area contributed by atoms with Gasteiger partial charge >= 0.3 is 5.97 Å². The molecular weight excluding hydrogens is 244 g/mol. The highest BCUT2D eigenvalue weighted by atomic mass is 16.5. The Hall–Kier alpha value is -0.650. The summed E-state index contributed by atoms with van der Waals surface area (Å²) in [6, 6.07) is 0. The molecule has 0 bridgehead atoms. The Labute approximate surface area is 117 Å². The van der Waals surface area contributed by atoms with Crippen LogP contribution in [0, 0.1) is 0 Å². The average molecular weight is 274 g/mol. The fourth-order valence-corrected chi connectivity index (χ4v) is 2.10. The fourth-order valence-electron chi connectivity index (χ4n) is 2.10. The van der Waals surface area contributed by atoms with Gasteiger partial charge in [0.25, 0.3) is 0 Å². The summed E-state index contributed by atoms with van der Waals surface area (Å²) in [7, 11) is 5.24. The molecule has 1 N–H and O–H groups in total. The summed E-state index contributed by atoms with van der Waals surface area (Å²) in [6.07, 6.45) is 2.86. The first kappa shape index (κ1) is 18.4. The van der Waals surface area contributed by atoms with Crippen LogP contribution in [0.15, 0.2) is 0 Å². The van der Waals surface area contributed by atoms with Gasteiger partial charge in [0.05, 0.1) is 13.7 Å². The number of hydrogen-bond acceptors (Lipinski definition) is 5. The smallest absolute Gasteiger partial charge is 0.325 e. The molecule has 1 unspecified atom stereocenters. The largest absolute Gasteiger partial charge is 0.468 e. The molecule has 0 radical (unpaired) electrons. The minimum Gasteiger partial charge on any atom is -0.468 e. The highest BCUT2D eigenvalue weighted by Crippen LogP contribution is 2.15. The number of carbonyl (C=O) groups excluding carboxylic acids is 1. The van der Waals surface area contributed by atoms with E-state index in [1.54, 1.807) is 7.11 Å². The van der Waals surface area contributed by atoms with Crippen molar-refractivity contribution in [2.24, 2.45) is 0 Å². The molecule has 0 aliphatic carbocycles. The minimum atomic E-state index is -0.561. The summed E-state index contributed by atoms with van der Waals surface area (Å²) in [5, 5.41) is 3.22. The lowest BCUT2D eigenvalue weighted by atomic mass is 9.94. The summed E-state index contributed by atoms with van der Waals surface area (Å²) in [5.74, 6) is -0.179. The molecule has 0 amide bonds. The van der Waals surface area contributed by atoms with Crippen molar-refractivity contribution >= 4 is 5.97 Å². The van der Waals surface area contributed by atoms with Crippen molar-refractivity contribution in [1.82, 2.24) is 10.2 Å². The number of nitrogens with zero attached hydrogens (tertiary/aromatic N) is 1. The number of hydrogen-bond donors (Lipinski definition) is 1. The quantitative estimate of drug-likeness (QED) is 0.454. The maximum atomic E-state index is 11.8. The van der Waals surface area contributed by atoms with E-state index >= 15 is 0 Å². The third-order valence-electron chi connectivity index (χ3n) is 3.35. The number of ether oxygens (including phenoxy) is 2. The van der Waals surface area contributed by atoms with Crippen LogP contribution in [0.25, 0.3) is 0 Å². The van der Waals surface area contributed by atoms with Crippen LogP contribution >= 0.6 is 0 Å². The first-order valence-corrected chi connectivity index (χ1v) is 7.01. The third-order valence-corrected chi connectivity index (χ3v) is 3.35. The molecule has 0 aromatic rings. The first-order chi connectivity index (χ1) is 9.00. The first-order valence-electron chi connectivity index (χ1n) is 7.01. The SMILES string of the molecule is CCNC(C)(CCCCN(C)CCOC)C(=O)OC. The van der Waals surface area contributed by atoms with Gasteiger partial charge in [-0.25, -0.2) is 0 Å². The maximum absolute atomic E-state index is 11.8. The molecular formula is C14H30N2O3. The van der Waals surface area contributed by atoms with Crippen molar-refractivity contribution in [3.05, 3.63) is 0 Å². The lowest BCUT2D eigenvalue weighted by Gasteiger charge is -2.27. The van der Waals surface area contributed by atoms with Crippen molar-refractivity contribution in [1.29, 1.82) is 0 Å². The average Bonchev–Trinajstić information content (AvgIpc) is 2.40. The van der Waals surface area contributed by atoms with E-state index in [2.05, 4.69) is 17.3 Å². The van der Waals surface area contributed by atoms with E-state index in [4.69, 9.17) is 9.47 Å².